The largest absolute Gasteiger partial charge is 0.491 e. The molecule has 2 rings (SSSR count). The molecule has 1 aliphatic rings. The van der Waals surface area contributed by atoms with Crippen molar-refractivity contribution in [3.8, 4) is 5.75 Å². The average molecular weight is 323 g/mol. The van der Waals surface area contributed by atoms with Gasteiger partial charge in [0.05, 0.1) is 24.9 Å². The molecule has 3 unspecified atom stereocenters. The second kappa shape index (κ2) is 9.11. The third-order valence-corrected chi connectivity index (χ3v) is 3.84. The minimum absolute atomic E-state index is 0.0882. The molecule has 130 valence electrons. The number of hydrogen-bond acceptors (Lipinski definition) is 5. The molecule has 1 aromatic carbocycles. The van der Waals surface area contributed by atoms with E-state index in [2.05, 4.69) is 24.0 Å². The van der Waals surface area contributed by atoms with Crippen LogP contribution >= 0.6 is 0 Å². The molecule has 0 saturated carbocycles. The zero-order chi connectivity index (χ0) is 16.7. The molecule has 23 heavy (non-hydrogen) atoms. The summed E-state index contributed by atoms with van der Waals surface area (Å²) in [6.45, 7) is 10.0. The zero-order valence-corrected chi connectivity index (χ0v) is 14.7. The van der Waals surface area contributed by atoms with Gasteiger partial charge in [0.25, 0.3) is 0 Å². The number of rotatable bonds is 11. The Kier molecular flexibility index (Phi) is 7.15. The summed E-state index contributed by atoms with van der Waals surface area (Å²) >= 11 is 0. The molecule has 0 N–H and O–H groups in total. The standard InChI is InChI=1S/C18H29NO4/c1-5-21-14(2)10-19(11-18-13-23-18)16-6-8-17(9-7-16)22-12-15(3)20-4/h6-9,14-15,18H,5,10-13H2,1-4H3. The Labute approximate surface area is 139 Å². The highest BCUT2D eigenvalue weighted by atomic mass is 16.6. The highest BCUT2D eigenvalue weighted by Gasteiger charge is 2.26. The maximum atomic E-state index is 5.71. The van der Waals surface area contributed by atoms with Gasteiger partial charge in [-0.2, -0.15) is 0 Å². The first-order valence-corrected chi connectivity index (χ1v) is 8.36. The Hall–Kier alpha value is -1.30. The van der Waals surface area contributed by atoms with Crippen LogP contribution in [-0.2, 0) is 14.2 Å². The highest BCUT2D eigenvalue weighted by molar-refractivity contribution is 5.49. The molecule has 1 aliphatic heterocycles. The molecule has 1 fully saturated rings. The SMILES string of the molecule is CCOC(C)CN(CC1CO1)c1ccc(OCC(C)OC)cc1. The third-order valence-electron chi connectivity index (χ3n) is 3.84. The maximum absolute atomic E-state index is 5.71. The summed E-state index contributed by atoms with van der Waals surface area (Å²) in [5.41, 5.74) is 1.17. The van der Waals surface area contributed by atoms with Crippen LogP contribution in [0, 0.1) is 0 Å². The second-order valence-corrected chi connectivity index (χ2v) is 5.98. The topological polar surface area (TPSA) is 43.5 Å². The number of anilines is 1. The number of ether oxygens (including phenoxy) is 4. The van der Waals surface area contributed by atoms with E-state index >= 15 is 0 Å². The van der Waals surface area contributed by atoms with Crippen molar-refractivity contribution in [2.24, 2.45) is 0 Å². The lowest BCUT2D eigenvalue weighted by atomic mass is 10.2. The van der Waals surface area contributed by atoms with Crippen molar-refractivity contribution in [2.75, 3.05) is 44.9 Å². The van der Waals surface area contributed by atoms with Crippen LogP contribution in [-0.4, -0.2) is 58.3 Å². The van der Waals surface area contributed by atoms with E-state index in [-0.39, 0.29) is 12.2 Å². The fourth-order valence-electron chi connectivity index (χ4n) is 2.39. The average Bonchev–Trinajstić information content (AvgIpc) is 3.36. The van der Waals surface area contributed by atoms with E-state index in [4.69, 9.17) is 18.9 Å². The number of epoxide rings is 1. The zero-order valence-electron chi connectivity index (χ0n) is 14.7. The van der Waals surface area contributed by atoms with E-state index in [0.717, 1.165) is 32.1 Å². The van der Waals surface area contributed by atoms with Gasteiger partial charge in [-0.3, -0.25) is 0 Å². The Morgan fingerprint density at radius 3 is 2.48 bits per heavy atom. The summed E-state index contributed by atoms with van der Waals surface area (Å²) in [6.07, 6.45) is 0.629. The van der Waals surface area contributed by atoms with E-state index in [9.17, 15) is 0 Å². The van der Waals surface area contributed by atoms with Gasteiger partial charge in [-0.25, -0.2) is 0 Å². The number of hydrogen-bond donors (Lipinski definition) is 0. The molecule has 5 nitrogen and oxygen atoms in total. The van der Waals surface area contributed by atoms with Gasteiger partial charge in [-0.05, 0) is 45.0 Å². The lowest BCUT2D eigenvalue weighted by molar-refractivity contribution is 0.0716. The molecule has 5 heteroatoms. The molecule has 0 radical (unpaired) electrons. The monoisotopic (exact) mass is 323 g/mol. The normalized spacial score (nSPS) is 19.2. The van der Waals surface area contributed by atoms with Gasteiger partial charge in [0.2, 0.25) is 0 Å². The first-order valence-electron chi connectivity index (χ1n) is 8.36. The van der Waals surface area contributed by atoms with Crippen molar-refractivity contribution in [1.82, 2.24) is 0 Å². The molecule has 3 atom stereocenters. The fourth-order valence-corrected chi connectivity index (χ4v) is 2.39. The van der Waals surface area contributed by atoms with Crippen LogP contribution in [0.4, 0.5) is 5.69 Å². The molecule has 0 aliphatic carbocycles. The first-order chi connectivity index (χ1) is 11.1. The van der Waals surface area contributed by atoms with Gasteiger partial charge in [0.15, 0.2) is 0 Å². The highest BCUT2D eigenvalue weighted by Crippen LogP contribution is 2.23. The van der Waals surface area contributed by atoms with E-state index in [1.165, 1.54) is 5.69 Å². The van der Waals surface area contributed by atoms with E-state index < -0.39 is 0 Å². The van der Waals surface area contributed by atoms with Gasteiger partial charge in [-0.1, -0.05) is 0 Å². The number of benzene rings is 1. The van der Waals surface area contributed by atoms with Gasteiger partial charge >= 0.3 is 0 Å². The van der Waals surface area contributed by atoms with Crippen molar-refractivity contribution < 1.29 is 18.9 Å². The Morgan fingerprint density at radius 2 is 1.91 bits per heavy atom. The molecule has 1 aromatic rings. The van der Waals surface area contributed by atoms with E-state index in [1.54, 1.807) is 7.11 Å². The van der Waals surface area contributed by atoms with Gasteiger partial charge in [-0.15, -0.1) is 0 Å². The first kappa shape index (κ1) is 18.0. The van der Waals surface area contributed by atoms with Crippen LogP contribution in [0.15, 0.2) is 24.3 Å². The molecule has 1 heterocycles. The smallest absolute Gasteiger partial charge is 0.119 e. The fraction of sp³-hybridized carbons (Fsp3) is 0.667. The Balaban J connectivity index is 1.94. The molecule has 0 spiro atoms. The lowest BCUT2D eigenvalue weighted by Crippen LogP contribution is -2.35. The quantitative estimate of drug-likeness (QED) is 0.586. The predicted octanol–water partition coefficient (Wildman–Crippen LogP) is 2.73. The van der Waals surface area contributed by atoms with Crippen LogP contribution in [0.5, 0.6) is 5.75 Å². The van der Waals surface area contributed by atoms with Gasteiger partial charge < -0.3 is 23.8 Å². The molecule has 0 bridgehead atoms. The van der Waals surface area contributed by atoms with Crippen LogP contribution in [0.25, 0.3) is 0 Å². The molecule has 0 aromatic heterocycles. The summed E-state index contributed by atoms with van der Waals surface area (Å²) in [5, 5.41) is 0. The molecule has 1 saturated heterocycles. The van der Waals surface area contributed by atoms with Gasteiger partial charge in [0.1, 0.15) is 12.4 Å². The van der Waals surface area contributed by atoms with E-state index in [1.807, 2.05) is 26.0 Å². The van der Waals surface area contributed by atoms with Crippen LogP contribution in [0.3, 0.4) is 0 Å². The summed E-state index contributed by atoms with van der Waals surface area (Å²) in [5.74, 6) is 0.859. The second-order valence-electron chi connectivity index (χ2n) is 5.98. The minimum atomic E-state index is 0.0882. The molecule has 0 amide bonds. The number of nitrogens with zero attached hydrogens (tertiary/aromatic N) is 1. The Morgan fingerprint density at radius 1 is 1.22 bits per heavy atom. The van der Waals surface area contributed by atoms with Gasteiger partial charge in [0, 0.05) is 32.5 Å². The minimum Gasteiger partial charge on any atom is -0.491 e. The van der Waals surface area contributed by atoms with Crippen LogP contribution in [0.1, 0.15) is 20.8 Å². The third kappa shape index (κ3) is 6.37. The summed E-state index contributed by atoms with van der Waals surface area (Å²) in [7, 11) is 1.69. The summed E-state index contributed by atoms with van der Waals surface area (Å²) in [4.78, 5) is 2.32. The molecular weight excluding hydrogens is 294 g/mol. The van der Waals surface area contributed by atoms with Crippen LogP contribution < -0.4 is 9.64 Å². The summed E-state index contributed by atoms with van der Waals surface area (Å²) < 4.78 is 22.0. The van der Waals surface area contributed by atoms with Crippen molar-refractivity contribution in [2.45, 2.75) is 39.1 Å². The Bertz CT molecular complexity index is 447. The summed E-state index contributed by atoms with van der Waals surface area (Å²) in [6, 6.07) is 8.19. The maximum Gasteiger partial charge on any atom is 0.119 e. The van der Waals surface area contributed by atoms with Crippen LogP contribution in [0.2, 0.25) is 0 Å². The van der Waals surface area contributed by atoms with Crippen molar-refractivity contribution in [1.29, 1.82) is 0 Å². The molecular formula is C18H29NO4. The van der Waals surface area contributed by atoms with Crippen molar-refractivity contribution >= 4 is 5.69 Å². The van der Waals surface area contributed by atoms with Crippen molar-refractivity contribution in [3.05, 3.63) is 24.3 Å². The lowest BCUT2D eigenvalue weighted by Gasteiger charge is -2.27. The van der Waals surface area contributed by atoms with E-state index in [0.29, 0.717) is 12.7 Å². The number of methoxy groups -OCH3 is 1. The van der Waals surface area contributed by atoms with Crippen molar-refractivity contribution in [3.63, 3.8) is 0 Å². The predicted molar refractivity (Wildman–Crippen MR) is 91.4 cm³/mol.